The SMILES string of the molecule is CCOC(=O)c1cc(CCOc2nccc3c(Cl)c(Cl)ccc23)on1. The van der Waals surface area contributed by atoms with Crippen molar-refractivity contribution >= 4 is 39.9 Å². The van der Waals surface area contributed by atoms with Crippen LogP contribution in [0.5, 0.6) is 5.88 Å². The van der Waals surface area contributed by atoms with E-state index in [0.717, 1.165) is 10.8 Å². The van der Waals surface area contributed by atoms with E-state index in [-0.39, 0.29) is 12.3 Å². The first-order valence-corrected chi connectivity index (χ1v) is 8.34. The summed E-state index contributed by atoms with van der Waals surface area (Å²) in [7, 11) is 0. The van der Waals surface area contributed by atoms with E-state index < -0.39 is 5.97 Å². The highest BCUT2D eigenvalue weighted by molar-refractivity contribution is 6.45. The number of hydrogen-bond donors (Lipinski definition) is 0. The highest BCUT2D eigenvalue weighted by Crippen LogP contribution is 2.34. The molecule has 130 valence electrons. The number of benzene rings is 1. The number of ether oxygens (including phenoxy) is 2. The zero-order chi connectivity index (χ0) is 17.8. The molecule has 0 radical (unpaired) electrons. The molecular formula is C17H14Cl2N2O4. The summed E-state index contributed by atoms with van der Waals surface area (Å²) in [6.45, 7) is 2.30. The van der Waals surface area contributed by atoms with E-state index in [2.05, 4.69) is 10.1 Å². The maximum atomic E-state index is 11.5. The van der Waals surface area contributed by atoms with E-state index in [1.807, 2.05) is 0 Å². The largest absolute Gasteiger partial charge is 0.477 e. The van der Waals surface area contributed by atoms with Gasteiger partial charge in [0.05, 0.1) is 23.3 Å². The van der Waals surface area contributed by atoms with Gasteiger partial charge in [0.15, 0.2) is 5.69 Å². The van der Waals surface area contributed by atoms with Crippen LogP contribution in [0.4, 0.5) is 0 Å². The van der Waals surface area contributed by atoms with E-state index in [4.69, 9.17) is 37.2 Å². The lowest BCUT2D eigenvalue weighted by atomic mass is 10.2. The lowest BCUT2D eigenvalue weighted by molar-refractivity contribution is 0.0514. The number of carbonyl (C=O) groups is 1. The Morgan fingerprint density at radius 2 is 2.08 bits per heavy atom. The number of carbonyl (C=O) groups excluding carboxylic acids is 1. The van der Waals surface area contributed by atoms with Crippen molar-refractivity contribution in [1.29, 1.82) is 0 Å². The number of nitrogens with zero attached hydrogens (tertiary/aromatic N) is 2. The Labute approximate surface area is 153 Å². The number of aromatic nitrogens is 2. The van der Waals surface area contributed by atoms with Crippen LogP contribution in [0.15, 0.2) is 35.0 Å². The highest BCUT2D eigenvalue weighted by Gasteiger charge is 2.14. The summed E-state index contributed by atoms with van der Waals surface area (Å²) in [5, 5.41) is 6.14. The Hall–Kier alpha value is -2.31. The molecule has 25 heavy (non-hydrogen) atoms. The first-order valence-electron chi connectivity index (χ1n) is 7.58. The van der Waals surface area contributed by atoms with Gasteiger partial charge in [-0.25, -0.2) is 9.78 Å². The summed E-state index contributed by atoms with van der Waals surface area (Å²) in [6.07, 6.45) is 2.03. The Kier molecular flexibility index (Phi) is 5.40. The molecular weight excluding hydrogens is 367 g/mol. The maximum Gasteiger partial charge on any atom is 0.360 e. The third-order valence-corrected chi connectivity index (χ3v) is 4.25. The van der Waals surface area contributed by atoms with Gasteiger partial charge in [0, 0.05) is 29.5 Å². The number of hydrogen-bond acceptors (Lipinski definition) is 6. The van der Waals surface area contributed by atoms with Crippen molar-refractivity contribution in [1.82, 2.24) is 10.1 Å². The summed E-state index contributed by atoms with van der Waals surface area (Å²) in [4.78, 5) is 15.8. The molecule has 3 rings (SSSR count). The molecule has 0 fully saturated rings. The molecule has 8 heteroatoms. The van der Waals surface area contributed by atoms with Crippen molar-refractivity contribution in [3.8, 4) is 5.88 Å². The van der Waals surface area contributed by atoms with Crippen molar-refractivity contribution in [2.24, 2.45) is 0 Å². The minimum absolute atomic E-state index is 0.140. The summed E-state index contributed by atoms with van der Waals surface area (Å²) < 4.78 is 15.7. The summed E-state index contributed by atoms with van der Waals surface area (Å²) >= 11 is 12.2. The first-order chi connectivity index (χ1) is 12.1. The van der Waals surface area contributed by atoms with Gasteiger partial charge in [0.2, 0.25) is 5.88 Å². The predicted molar refractivity (Wildman–Crippen MR) is 93.4 cm³/mol. The van der Waals surface area contributed by atoms with Crippen molar-refractivity contribution < 1.29 is 18.8 Å². The van der Waals surface area contributed by atoms with Gasteiger partial charge in [-0.1, -0.05) is 28.4 Å². The van der Waals surface area contributed by atoms with Gasteiger partial charge in [0.1, 0.15) is 5.76 Å². The zero-order valence-electron chi connectivity index (χ0n) is 13.3. The van der Waals surface area contributed by atoms with Crippen LogP contribution < -0.4 is 4.74 Å². The standard InChI is InChI=1S/C17H14Cl2N2O4/c1-2-23-17(22)14-9-10(25-21-14)6-8-24-16-12-3-4-13(18)15(19)11(12)5-7-20-16/h3-5,7,9H,2,6,8H2,1H3. The van der Waals surface area contributed by atoms with Crippen molar-refractivity contribution in [2.75, 3.05) is 13.2 Å². The molecule has 1 aromatic carbocycles. The molecule has 0 N–H and O–H groups in total. The smallest absolute Gasteiger partial charge is 0.360 e. The zero-order valence-corrected chi connectivity index (χ0v) is 14.8. The molecule has 0 bridgehead atoms. The van der Waals surface area contributed by atoms with E-state index in [0.29, 0.717) is 34.7 Å². The fraction of sp³-hybridized carbons (Fsp3) is 0.235. The molecule has 0 saturated heterocycles. The lowest BCUT2D eigenvalue weighted by Gasteiger charge is -2.08. The molecule has 0 amide bonds. The number of rotatable bonds is 6. The second-order valence-corrected chi connectivity index (χ2v) is 5.86. The van der Waals surface area contributed by atoms with Crippen LogP contribution in [0.25, 0.3) is 10.8 Å². The number of halogens is 2. The first kappa shape index (κ1) is 17.5. The summed E-state index contributed by atoms with van der Waals surface area (Å²) in [6, 6.07) is 6.81. The third kappa shape index (κ3) is 3.86. The Bertz CT molecular complexity index is 911. The van der Waals surface area contributed by atoms with Crippen LogP contribution in [0.3, 0.4) is 0 Å². The Morgan fingerprint density at radius 3 is 2.88 bits per heavy atom. The molecule has 2 heterocycles. The van der Waals surface area contributed by atoms with Gasteiger partial charge in [-0.3, -0.25) is 0 Å². The monoisotopic (exact) mass is 380 g/mol. The van der Waals surface area contributed by atoms with Crippen LogP contribution >= 0.6 is 23.2 Å². The molecule has 0 unspecified atom stereocenters. The van der Waals surface area contributed by atoms with Crippen LogP contribution in [0, 0.1) is 0 Å². The maximum absolute atomic E-state index is 11.5. The fourth-order valence-electron chi connectivity index (χ4n) is 2.26. The normalized spacial score (nSPS) is 10.8. The van der Waals surface area contributed by atoms with Crippen molar-refractivity contribution in [3.05, 3.63) is 52.0 Å². The predicted octanol–water partition coefficient (Wildman–Crippen LogP) is 4.33. The second-order valence-electron chi connectivity index (χ2n) is 5.07. The molecule has 0 aliphatic heterocycles. The average Bonchev–Trinajstić information content (AvgIpc) is 3.08. The molecule has 0 saturated carbocycles. The van der Waals surface area contributed by atoms with Crippen LogP contribution in [-0.4, -0.2) is 29.3 Å². The summed E-state index contributed by atoms with van der Waals surface area (Å²) in [5.74, 6) is 0.450. The minimum atomic E-state index is -0.513. The van der Waals surface area contributed by atoms with Gasteiger partial charge < -0.3 is 14.0 Å². The Balaban J connectivity index is 1.68. The second kappa shape index (κ2) is 7.72. The van der Waals surface area contributed by atoms with E-state index in [1.165, 1.54) is 6.07 Å². The van der Waals surface area contributed by atoms with E-state index in [1.54, 1.807) is 31.3 Å². The van der Waals surface area contributed by atoms with Gasteiger partial charge in [-0.05, 0) is 25.1 Å². The van der Waals surface area contributed by atoms with Gasteiger partial charge in [0.25, 0.3) is 0 Å². The molecule has 0 atom stereocenters. The molecule has 0 spiro atoms. The van der Waals surface area contributed by atoms with Crippen LogP contribution in [0.1, 0.15) is 23.2 Å². The summed E-state index contributed by atoms with van der Waals surface area (Å²) in [5.41, 5.74) is 0.140. The number of fused-ring (bicyclic) bond motifs is 1. The number of pyridine rings is 1. The van der Waals surface area contributed by atoms with Gasteiger partial charge >= 0.3 is 5.97 Å². The Morgan fingerprint density at radius 1 is 1.24 bits per heavy atom. The molecule has 0 aliphatic rings. The average molecular weight is 381 g/mol. The van der Waals surface area contributed by atoms with Gasteiger partial charge in [-0.2, -0.15) is 0 Å². The van der Waals surface area contributed by atoms with Crippen molar-refractivity contribution in [2.45, 2.75) is 13.3 Å². The highest BCUT2D eigenvalue weighted by atomic mass is 35.5. The molecule has 0 aliphatic carbocycles. The minimum Gasteiger partial charge on any atom is -0.477 e. The van der Waals surface area contributed by atoms with Crippen molar-refractivity contribution in [3.63, 3.8) is 0 Å². The molecule has 3 aromatic rings. The topological polar surface area (TPSA) is 74.5 Å². The fourth-order valence-corrected chi connectivity index (χ4v) is 2.65. The van der Waals surface area contributed by atoms with Crippen LogP contribution in [-0.2, 0) is 11.2 Å². The third-order valence-electron chi connectivity index (χ3n) is 3.43. The van der Waals surface area contributed by atoms with Crippen LogP contribution in [0.2, 0.25) is 10.0 Å². The quantitative estimate of drug-likeness (QED) is 0.592. The van der Waals surface area contributed by atoms with E-state index >= 15 is 0 Å². The van der Waals surface area contributed by atoms with Gasteiger partial charge in [-0.15, -0.1) is 0 Å². The number of esters is 1. The molecule has 2 aromatic heterocycles. The van der Waals surface area contributed by atoms with E-state index in [9.17, 15) is 4.79 Å². The molecule has 6 nitrogen and oxygen atoms in total. The lowest BCUT2D eigenvalue weighted by Crippen LogP contribution is -2.04.